The lowest BCUT2D eigenvalue weighted by Crippen LogP contribution is -2.09. The van der Waals surface area contributed by atoms with Crippen LogP contribution in [0, 0.1) is 6.92 Å². The number of primary amides is 1. The molecule has 0 saturated carbocycles. The van der Waals surface area contributed by atoms with Gasteiger partial charge in [-0.2, -0.15) is 0 Å². The minimum atomic E-state index is -3.92. The van der Waals surface area contributed by atoms with Crippen molar-refractivity contribution in [1.29, 1.82) is 0 Å². The Hall–Kier alpha value is -3.02. The van der Waals surface area contributed by atoms with Crippen LogP contribution >= 0.6 is 23.1 Å². The van der Waals surface area contributed by atoms with Gasteiger partial charge in [0.15, 0.2) is 0 Å². The van der Waals surface area contributed by atoms with E-state index >= 15 is 0 Å². The van der Waals surface area contributed by atoms with Crippen LogP contribution in [0.3, 0.4) is 0 Å². The van der Waals surface area contributed by atoms with Gasteiger partial charge in [-0.05, 0) is 54.6 Å². The molecule has 0 bridgehead atoms. The van der Waals surface area contributed by atoms with Gasteiger partial charge in [0.2, 0.25) is 9.84 Å². The zero-order valence-electron chi connectivity index (χ0n) is 16.5. The topological polar surface area (TPSA) is 153 Å². The van der Waals surface area contributed by atoms with Gasteiger partial charge in [0.25, 0.3) is 5.91 Å². The minimum Gasteiger partial charge on any atom is -0.465 e. The van der Waals surface area contributed by atoms with E-state index in [1.807, 2.05) is 0 Å². The maximum atomic E-state index is 13.3. The van der Waals surface area contributed by atoms with E-state index in [-0.39, 0.29) is 14.7 Å². The van der Waals surface area contributed by atoms with Gasteiger partial charge in [-0.1, -0.05) is 12.1 Å². The third-order valence-electron chi connectivity index (χ3n) is 4.43. The molecule has 8 nitrogen and oxygen atoms in total. The maximum Gasteiger partial charge on any atom is 0.409 e. The molecular formula is C20H19N3O5S3. The normalized spacial score (nSPS) is 11.3. The lowest BCUT2D eigenvalue weighted by atomic mass is 9.98. The van der Waals surface area contributed by atoms with Crippen molar-refractivity contribution in [2.24, 2.45) is 5.73 Å². The van der Waals surface area contributed by atoms with Crippen LogP contribution in [0.2, 0.25) is 0 Å². The number of carbonyl (C=O) groups excluding carboxylic acids is 1. The number of aryl methyl sites for hydroxylation is 1. The molecule has 162 valence electrons. The highest BCUT2D eigenvalue weighted by molar-refractivity contribution is 8.01. The first-order valence-electron chi connectivity index (χ1n) is 8.77. The summed E-state index contributed by atoms with van der Waals surface area (Å²) in [6.45, 7) is 1.75. The first kappa shape index (κ1) is 22.7. The molecule has 0 spiro atoms. The Morgan fingerprint density at radius 3 is 2.45 bits per heavy atom. The smallest absolute Gasteiger partial charge is 0.409 e. The number of nitrogens with one attached hydrogen (secondary N) is 1. The molecule has 31 heavy (non-hydrogen) atoms. The first-order valence-corrected chi connectivity index (χ1v) is 12.3. The SMILES string of the molecule is CSc1sc(C(N)=O)cc1S(=O)(=O)c1cccc(-c2c(C)cc(NC(=O)O)cc2N)c1. The van der Waals surface area contributed by atoms with Crippen molar-refractivity contribution in [2.45, 2.75) is 20.9 Å². The van der Waals surface area contributed by atoms with Crippen LogP contribution in [0.5, 0.6) is 0 Å². The van der Waals surface area contributed by atoms with Crippen molar-refractivity contribution in [2.75, 3.05) is 17.3 Å². The fourth-order valence-electron chi connectivity index (χ4n) is 3.16. The number of thiophene rings is 1. The molecule has 0 atom stereocenters. The highest BCUT2D eigenvalue weighted by Gasteiger charge is 2.26. The second kappa shape index (κ2) is 8.61. The standard InChI is InChI=1S/C20H19N3O5S3/c1-10-6-12(23-20(25)26)8-14(21)17(10)11-4-3-5-13(7-11)31(27,28)16-9-15(18(22)24)30-19(16)29-2/h3-9,23H,21H2,1-2H3,(H2,22,24)(H,25,26). The van der Waals surface area contributed by atoms with Gasteiger partial charge in [-0.3, -0.25) is 10.1 Å². The van der Waals surface area contributed by atoms with Crippen LogP contribution in [0.4, 0.5) is 16.2 Å². The van der Waals surface area contributed by atoms with E-state index in [1.165, 1.54) is 36.0 Å². The molecule has 0 saturated heterocycles. The summed E-state index contributed by atoms with van der Waals surface area (Å²) in [6, 6.07) is 10.7. The van der Waals surface area contributed by atoms with Gasteiger partial charge in [0, 0.05) is 16.9 Å². The quantitative estimate of drug-likeness (QED) is 0.308. The van der Waals surface area contributed by atoms with Crippen LogP contribution < -0.4 is 16.8 Å². The van der Waals surface area contributed by atoms with Crippen molar-refractivity contribution < 1.29 is 23.1 Å². The third kappa shape index (κ3) is 4.53. The molecule has 2 amide bonds. The average Bonchev–Trinajstić information content (AvgIpc) is 3.13. The number of rotatable bonds is 6. The van der Waals surface area contributed by atoms with Crippen LogP contribution in [0.1, 0.15) is 15.2 Å². The van der Waals surface area contributed by atoms with Gasteiger partial charge in [-0.15, -0.1) is 23.1 Å². The number of anilines is 2. The summed E-state index contributed by atoms with van der Waals surface area (Å²) >= 11 is 2.26. The second-order valence-electron chi connectivity index (χ2n) is 6.55. The van der Waals surface area contributed by atoms with Crippen LogP contribution in [0.15, 0.2) is 56.5 Å². The lowest BCUT2D eigenvalue weighted by molar-refractivity contribution is 0.100. The number of nitrogens with two attached hydrogens (primary N) is 2. The number of sulfone groups is 1. The Morgan fingerprint density at radius 1 is 1.16 bits per heavy atom. The summed E-state index contributed by atoms with van der Waals surface area (Å²) < 4.78 is 27.1. The Balaban J connectivity index is 2.11. The number of carboxylic acid groups (broad SMARTS) is 1. The summed E-state index contributed by atoms with van der Waals surface area (Å²) in [5.41, 5.74) is 13.9. The van der Waals surface area contributed by atoms with Gasteiger partial charge < -0.3 is 16.6 Å². The van der Waals surface area contributed by atoms with Gasteiger partial charge in [-0.25, -0.2) is 13.2 Å². The zero-order valence-corrected chi connectivity index (χ0v) is 19.0. The molecule has 2 aromatic carbocycles. The maximum absolute atomic E-state index is 13.3. The Kier molecular flexibility index (Phi) is 6.30. The van der Waals surface area contributed by atoms with E-state index in [2.05, 4.69) is 5.32 Å². The number of hydrogen-bond donors (Lipinski definition) is 4. The Bertz CT molecular complexity index is 1280. The fourth-order valence-corrected chi connectivity index (χ4v) is 7.05. The van der Waals surface area contributed by atoms with Crippen LogP contribution in [-0.4, -0.2) is 31.8 Å². The molecule has 0 radical (unpaired) electrons. The van der Waals surface area contributed by atoms with E-state index in [1.54, 1.807) is 31.4 Å². The molecule has 1 heterocycles. The molecule has 6 N–H and O–H groups in total. The van der Waals surface area contributed by atoms with Crippen LogP contribution in [0.25, 0.3) is 11.1 Å². The van der Waals surface area contributed by atoms with Crippen LogP contribution in [-0.2, 0) is 9.84 Å². The van der Waals surface area contributed by atoms with Crippen molar-refractivity contribution in [3.05, 3.63) is 52.9 Å². The summed E-state index contributed by atoms with van der Waals surface area (Å²) in [5.74, 6) is -0.686. The number of thioether (sulfide) groups is 1. The Labute approximate surface area is 187 Å². The van der Waals surface area contributed by atoms with E-state index in [9.17, 15) is 18.0 Å². The molecule has 0 fully saturated rings. The molecule has 3 rings (SSSR count). The molecule has 3 aromatic rings. The molecule has 0 aliphatic heterocycles. The number of carbonyl (C=O) groups is 2. The van der Waals surface area contributed by atoms with Crippen molar-refractivity contribution >= 4 is 56.3 Å². The summed E-state index contributed by atoms with van der Waals surface area (Å²) in [5, 5.41) is 11.1. The predicted octanol–water partition coefficient (Wildman–Crippen LogP) is 4.05. The molecule has 11 heteroatoms. The summed E-state index contributed by atoms with van der Waals surface area (Å²) in [4.78, 5) is 22.6. The van der Waals surface area contributed by atoms with Gasteiger partial charge in [0.05, 0.1) is 18.9 Å². The second-order valence-corrected chi connectivity index (χ2v) is 10.6. The van der Waals surface area contributed by atoms with Gasteiger partial charge >= 0.3 is 6.09 Å². The van der Waals surface area contributed by atoms with E-state index < -0.39 is 21.8 Å². The minimum absolute atomic E-state index is 0.0293. The van der Waals surface area contributed by atoms with Crippen molar-refractivity contribution in [3.8, 4) is 11.1 Å². The number of nitrogen functional groups attached to an aromatic ring is 1. The highest BCUT2D eigenvalue weighted by Crippen LogP contribution is 2.39. The number of hydrogen-bond acceptors (Lipinski definition) is 7. The third-order valence-corrected chi connectivity index (χ3v) is 8.75. The summed E-state index contributed by atoms with van der Waals surface area (Å²) in [6.07, 6.45) is 0.512. The number of amides is 2. The largest absolute Gasteiger partial charge is 0.465 e. The molecule has 0 aliphatic carbocycles. The molecule has 0 unspecified atom stereocenters. The van der Waals surface area contributed by atoms with E-state index in [0.717, 1.165) is 11.3 Å². The molecule has 1 aromatic heterocycles. The average molecular weight is 478 g/mol. The zero-order chi connectivity index (χ0) is 22.9. The molecular weight excluding hydrogens is 458 g/mol. The van der Waals surface area contributed by atoms with E-state index in [0.29, 0.717) is 32.3 Å². The fraction of sp³-hybridized carbons (Fsp3) is 0.100. The Morgan fingerprint density at radius 2 is 1.87 bits per heavy atom. The first-order chi connectivity index (χ1) is 14.5. The lowest BCUT2D eigenvalue weighted by Gasteiger charge is -2.14. The summed E-state index contributed by atoms with van der Waals surface area (Å²) in [7, 11) is -3.92. The number of benzene rings is 2. The monoisotopic (exact) mass is 477 g/mol. The van der Waals surface area contributed by atoms with Crippen molar-refractivity contribution in [3.63, 3.8) is 0 Å². The predicted molar refractivity (Wildman–Crippen MR) is 123 cm³/mol. The van der Waals surface area contributed by atoms with Crippen molar-refractivity contribution in [1.82, 2.24) is 0 Å². The highest BCUT2D eigenvalue weighted by atomic mass is 32.2. The van der Waals surface area contributed by atoms with E-state index in [4.69, 9.17) is 16.6 Å². The van der Waals surface area contributed by atoms with Gasteiger partial charge in [0.1, 0.15) is 0 Å². The molecule has 0 aliphatic rings.